The average Bonchev–Trinajstić information content (AvgIpc) is 2.54. The van der Waals surface area contributed by atoms with Crippen LogP contribution < -0.4 is 21.5 Å². The van der Waals surface area contributed by atoms with E-state index in [4.69, 9.17) is 4.74 Å². The number of rotatable bonds is 5. The lowest BCUT2D eigenvalue weighted by molar-refractivity contribution is -0.685. The maximum atomic E-state index is 13.1. The molecule has 4 nitrogen and oxygen atoms in total. The highest BCUT2D eigenvalue weighted by Crippen LogP contribution is 2.60. The van der Waals surface area contributed by atoms with E-state index in [0.717, 1.165) is 37.0 Å². The van der Waals surface area contributed by atoms with Crippen LogP contribution in [0.5, 0.6) is 0 Å². The van der Waals surface area contributed by atoms with Crippen molar-refractivity contribution in [3.8, 4) is 0 Å². The van der Waals surface area contributed by atoms with Gasteiger partial charge in [-0.25, -0.2) is 4.79 Å². The van der Waals surface area contributed by atoms with Crippen LogP contribution in [0.15, 0.2) is 24.5 Å². The Kier molecular flexibility index (Phi) is 5.33. The van der Waals surface area contributed by atoms with Crippen molar-refractivity contribution in [2.45, 2.75) is 52.0 Å². The first-order valence-corrected chi connectivity index (χ1v) is 9.27. The summed E-state index contributed by atoms with van der Waals surface area (Å²) in [5.41, 5.74) is 0.430. The summed E-state index contributed by atoms with van der Waals surface area (Å²) in [6, 6.07) is 3.56. The molecule has 5 rings (SSSR count). The summed E-state index contributed by atoms with van der Waals surface area (Å²) >= 11 is 0. The molecular weight excluding hydrogens is 382 g/mol. The fourth-order valence-corrected chi connectivity index (χ4v) is 5.74. The second-order valence-corrected chi connectivity index (χ2v) is 8.11. The number of Topliss-reactive ketones (excluding diaryl/α,β-unsaturated/α-hetero) is 1. The van der Waals surface area contributed by atoms with E-state index in [9.17, 15) is 9.59 Å². The molecule has 0 spiro atoms. The van der Waals surface area contributed by atoms with E-state index in [1.807, 2.05) is 16.8 Å². The molecule has 4 aliphatic rings. The molecule has 0 aromatic carbocycles. The summed E-state index contributed by atoms with van der Waals surface area (Å²) in [6.07, 6.45) is 10.9. The van der Waals surface area contributed by atoms with Crippen LogP contribution in [0, 0.1) is 23.2 Å². The normalized spacial score (nSPS) is 32.1. The molecule has 136 valence electrons. The molecule has 0 saturated heterocycles. The molecule has 0 amide bonds. The quantitative estimate of drug-likeness (QED) is 0.507. The molecule has 4 bridgehead atoms. The Hall–Kier alpha value is -1.23. The third kappa shape index (κ3) is 3.53. The van der Waals surface area contributed by atoms with E-state index in [1.165, 1.54) is 19.3 Å². The second-order valence-electron chi connectivity index (χ2n) is 8.11. The smallest absolute Gasteiger partial charge is 0.344 e. The fourth-order valence-electron chi connectivity index (χ4n) is 5.74. The Morgan fingerprint density at radius 3 is 2.32 bits per heavy atom. The lowest BCUT2D eigenvalue weighted by Crippen LogP contribution is -3.00. The van der Waals surface area contributed by atoms with Gasteiger partial charge in [0, 0.05) is 11.5 Å². The van der Waals surface area contributed by atoms with Crippen LogP contribution >= 0.6 is 0 Å². The van der Waals surface area contributed by atoms with E-state index in [0.29, 0.717) is 24.5 Å². The fraction of sp³-hybridized carbons (Fsp3) is 0.650. The predicted octanol–water partition coefficient (Wildman–Crippen LogP) is -0.0597. The van der Waals surface area contributed by atoms with Gasteiger partial charge in [-0.1, -0.05) is 0 Å². The highest BCUT2D eigenvalue weighted by Gasteiger charge is 2.54. The Morgan fingerprint density at radius 1 is 1.16 bits per heavy atom. The monoisotopic (exact) mass is 407 g/mol. The standard InChI is InChI=1S/C20H26NO3.BrH/c1-2-24-19(23)17-4-3-5-21(12-17)13-18(22)20-9-14-6-15(10-20)8-16(7-14)11-20;/h3-5,12,14-16H,2,6-11,13H2,1H3;1H/q+1;/p-1. The van der Waals surface area contributed by atoms with Crippen LogP contribution in [0.1, 0.15) is 55.8 Å². The van der Waals surface area contributed by atoms with Gasteiger partial charge in [-0.3, -0.25) is 4.79 Å². The summed E-state index contributed by atoms with van der Waals surface area (Å²) in [7, 11) is 0. The lowest BCUT2D eigenvalue weighted by atomic mass is 9.48. The van der Waals surface area contributed by atoms with Gasteiger partial charge >= 0.3 is 5.97 Å². The van der Waals surface area contributed by atoms with Gasteiger partial charge in [0.1, 0.15) is 5.56 Å². The number of nitrogens with zero attached hydrogens (tertiary/aromatic N) is 1. The number of ketones is 1. The Bertz CT molecular complexity index is 637. The van der Waals surface area contributed by atoms with Crippen molar-refractivity contribution in [2.75, 3.05) is 6.61 Å². The maximum absolute atomic E-state index is 13.1. The van der Waals surface area contributed by atoms with Crippen molar-refractivity contribution in [2.24, 2.45) is 23.2 Å². The van der Waals surface area contributed by atoms with Crippen LogP contribution in [0.3, 0.4) is 0 Å². The number of hydrogen-bond acceptors (Lipinski definition) is 3. The summed E-state index contributed by atoms with van der Waals surface area (Å²) in [5.74, 6) is 2.37. The summed E-state index contributed by atoms with van der Waals surface area (Å²) in [6.45, 7) is 2.53. The Morgan fingerprint density at radius 2 is 1.76 bits per heavy atom. The molecule has 1 heterocycles. The van der Waals surface area contributed by atoms with Crippen molar-refractivity contribution in [3.05, 3.63) is 30.1 Å². The third-order valence-electron chi connectivity index (χ3n) is 6.33. The average molecular weight is 408 g/mol. The summed E-state index contributed by atoms with van der Waals surface area (Å²) in [4.78, 5) is 25.0. The van der Waals surface area contributed by atoms with Gasteiger partial charge in [-0.05, 0) is 69.3 Å². The third-order valence-corrected chi connectivity index (χ3v) is 6.33. The van der Waals surface area contributed by atoms with Crippen molar-refractivity contribution < 1.29 is 35.9 Å². The number of halogens is 1. The van der Waals surface area contributed by atoms with Gasteiger partial charge in [0.2, 0.25) is 12.3 Å². The van der Waals surface area contributed by atoms with Gasteiger partial charge in [0.25, 0.3) is 0 Å². The number of carbonyl (C=O) groups is 2. The number of esters is 1. The van der Waals surface area contributed by atoms with Gasteiger partial charge in [-0.15, -0.1) is 0 Å². The van der Waals surface area contributed by atoms with E-state index >= 15 is 0 Å². The number of pyridine rings is 1. The number of ether oxygens (including phenoxy) is 1. The van der Waals surface area contributed by atoms with Gasteiger partial charge in [0.05, 0.1) is 6.61 Å². The van der Waals surface area contributed by atoms with Crippen LogP contribution in [0.25, 0.3) is 0 Å². The number of hydrogen-bond donors (Lipinski definition) is 0. The first-order chi connectivity index (χ1) is 11.6. The Labute approximate surface area is 159 Å². The molecular formula is C20H26BrNO3. The van der Waals surface area contributed by atoms with Crippen molar-refractivity contribution in [1.82, 2.24) is 0 Å². The summed E-state index contributed by atoms with van der Waals surface area (Å²) in [5, 5.41) is 0. The maximum Gasteiger partial charge on any atom is 0.344 e. The van der Waals surface area contributed by atoms with Crippen molar-refractivity contribution in [1.29, 1.82) is 0 Å². The minimum absolute atomic E-state index is 0. The molecule has 0 radical (unpaired) electrons. The first kappa shape index (κ1) is 18.6. The molecule has 25 heavy (non-hydrogen) atoms. The first-order valence-electron chi connectivity index (χ1n) is 9.27. The zero-order valence-corrected chi connectivity index (χ0v) is 16.3. The second kappa shape index (κ2) is 7.18. The van der Waals surface area contributed by atoms with E-state index in [2.05, 4.69) is 0 Å². The molecule has 0 N–H and O–H groups in total. The van der Waals surface area contributed by atoms with E-state index < -0.39 is 0 Å². The van der Waals surface area contributed by atoms with E-state index in [1.54, 1.807) is 19.2 Å². The largest absolute Gasteiger partial charge is 1.00 e. The highest BCUT2D eigenvalue weighted by molar-refractivity contribution is 5.88. The number of aromatic nitrogens is 1. The van der Waals surface area contributed by atoms with Crippen molar-refractivity contribution >= 4 is 11.8 Å². The minimum Gasteiger partial charge on any atom is -1.00 e. The van der Waals surface area contributed by atoms with E-state index in [-0.39, 0.29) is 28.4 Å². The SMILES string of the molecule is CCOC(=O)c1ccc[n+](CC(=O)C23CC4CC(CC(C4)C2)C3)c1.[Br-]. The molecule has 1 aromatic rings. The molecule has 5 heteroatoms. The predicted molar refractivity (Wildman–Crippen MR) is 88.2 cm³/mol. The molecule has 1 aromatic heterocycles. The van der Waals surface area contributed by atoms with Crippen LogP contribution in [-0.2, 0) is 16.1 Å². The van der Waals surface area contributed by atoms with Gasteiger partial charge < -0.3 is 21.7 Å². The molecule has 0 aliphatic heterocycles. The Balaban J connectivity index is 0.00000182. The zero-order chi connectivity index (χ0) is 16.7. The molecule has 0 atom stereocenters. The van der Waals surface area contributed by atoms with Crippen LogP contribution in [-0.4, -0.2) is 18.4 Å². The van der Waals surface area contributed by atoms with Gasteiger partial charge in [0.15, 0.2) is 12.4 Å². The molecule has 4 saturated carbocycles. The lowest BCUT2D eigenvalue weighted by Gasteiger charge is -2.55. The molecule has 4 aliphatic carbocycles. The minimum atomic E-state index is -0.325. The molecule has 4 fully saturated rings. The highest BCUT2D eigenvalue weighted by atomic mass is 79.9. The molecule has 0 unspecified atom stereocenters. The van der Waals surface area contributed by atoms with Gasteiger partial charge in [-0.2, -0.15) is 4.57 Å². The van der Waals surface area contributed by atoms with Crippen molar-refractivity contribution in [3.63, 3.8) is 0 Å². The topological polar surface area (TPSA) is 47.2 Å². The van der Waals surface area contributed by atoms with Crippen LogP contribution in [0.2, 0.25) is 0 Å². The van der Waals surface area contributed by atoms with Crippen LogP contribution in [0.4, 0.5) is 0 Å². The number of carbonyl (C=O) groups excluding carboxylic acids is 2. The zero-order valence-electron chi connectivity index (χ0n) is 14.7. The summed E-state index contributed by atoms with van der Waals surface area (Å²) < 4.78 is 6.91.